The van der Waals surface area contributed by atoms with Gasteiger partial charge in [0.2, 0.25) is 0 Å². The first-order chi connectivity index (χ1) is 16.8. The summed E-state index contributed by atoms with van der Waals surface area (Å²) in [4.78, 5) is 0. The molecule has 0 saturated heterocycles. The Labute approximate surface area is 201 Å². The molecule has 0 aliphatic heterocycles. The summed E-state index contributed by atoms with van der Waals surface area (Å²) in [6, 6.07) is 50.7. The molecule has 6 aromatic rings. The first kappa shape index (κ1) is 21.4. The summed E-state index contributed by atoms with van der Waals surface area (Å²) in [6.07, 6.45) is 0. The highest BCUT2D eigenvalue weighted by molar-refractivity contribution is 6.04. The Balaban J connectivity index is 0.000000152. The van der Waals surface area contributed by atoms with Crippen LogP contribution in [-0.4, -0.2) is 0 Å². The van der Waals surface area contributed by atoms with E-state index in [4.69, 9.17) is 0 Å². The molecular weight excluding hydrogens is 408 g/mol. The van der Waals surface area contributed by atoms with Gasteiger partial charge >= 0.3 is 0 Å². The van der Waals surface area contributed by atoms with Gasteiger partial charge in [-0.1, -0.05) is 140 Å². The fourth-order valence-corrected chi connectivity index (χ4v) is 4.28. The lowest BCUT2D eigenvalue weighted by atomic mass is 9.96. The van der Waals surface area contributed by atoms with Crippen LogP contribution in [-0.2, 0) is 0 Å². The molecule has 0 N–H and O–H groups in total. The minimum atomic E-state index is 1.08. The quantitative estimate of drug-likeness (QED) is 0.243. The van der Waals surface area contributed by atoms with Gasteiger partial charge in [-0.15, -0.1) is 0 Å². The number of benzene rings is 6. The molecule has 0 bridgehead atoms. The van der Waals surface area contributed by atoms with Gasteiger partial charge in [-0.2, -0.15) is 0 Å². The highest BCUT2D eigenvalue weighted by Gasteiger charge is 2.04. The van der Waals surface area contributed by atoms with Crippen LogP contribution in [0, 0.1) is 0 Å². The monoisotopic (exact) mass is 434 g/mol. The van der Waals surface area contributed by atoms with Crippen molar-refractivity contribution in [2.75, 3.05) is 0 Å². The van der Waals surface area contributed by atoms with Crippen LogP contribution in [0.15, 0.2) is 152 Å². The summed E-state index contributed by atoms with van der Waals surface area (Å²) >= 11 is 0. The summed E-state index contributed by atoms with van der Waals surface area (Å²) in [5, 5.41) is 5.20. The number of fused-ring (bicyclic) bond motifs is 2. The lowest BCUT2D eigenvalue weighted by Gasteiger charge is -2.08. The van der Waals surface area contributed by atoms with Crippen molar-refractivity contribution < 1.29 is 0 Å². The molecule has 34 heavy (non-hydrogen) atoms. The number of hydrogen-bond donors (Lipinski definition) is 0. The Morgan fingerprint density at radius 3 is 1.47 bits per heavy atom. The molecule has 0 atom stereocenters. The predicted octanol–water partition coefficient (Wildman–Crippen LogP) is 9.41. The zero-order valence-electron chi connectivity index (χ0n) is 19.1. The van der Waals surface area contributed by atoms with Crippen LogP contribution < -0.4 is 0 Å². The SMILES string of the molecule is C=C(c1ccccc1)c1ccccc1.c1ccc(-c2cccc3cc4ccccc4cc23)cc1. The highest BCUT2D eigenvalue weighted by atomic mass is 14.1. The second kappa shape index (κ2) is 10.0. The minimum Gasteiger partial charge on any atom is -0.0906 e. The summed E-state index contributed by atoms with van der Waals surface area (Å²) in [5.74, 6) is 0. The molecule has 6 aromatic carbocycles. The molecule has 0 fully saturated rings. The van der Waals surface area contributed by atoms with Crippen LogP contribution in [0.1, 0.15) is 11.1 Å². The Bertz CT molecular complexity index is 1490. The molecule has 0 aliphatic carbocycles. The van der Waals surface area contributed by atoms with Crippen molar-refractivity contribution in [1.29, 1.82) is 0 Å². The second-order valence-electron chi connectivity index (χ2n) is 8.30. The molecular formula is C34H26. The zero-order chi connectivity index (χ0) is 23.2. The van der Waals surface area contributed by atoms with E-state index in [9.17, 15) is 0 Å². The third-order valence-electron chi connectivity index (χ3n) is 6.08. The van der Waals surface area contributed by atoms with E-state index in [0.717, 1.165) is 5.57 Å². The fraction of sp³-hybridized carbons (Fsp3) is 0. The van der Waals surface area contributed by atoms with E-state index >= 15 is 0 Å². The Kier molecular flexibility index (Phi) is 6.31. The molecule has 0 amide bonds. The van der Waals surface area contributed by atoms with Gasteiger partial charge in [0.05, 0.1) is 0 Å². The number of hydrogen-bond acceptors (Lipinski definition) is 0. The molecule has 0 aliphatic rings. The predicted molar refractivity (Wildman–Crippen MR) is 148 cm³/mol. The second-order valence-corrected chi connectivity index (χ2v) is 8.30. The molecule has 0 aromatic heterocycles. The summed E-state index contributed by atoms with van der Waals surface area (Å²) < 4.78 is 0. The van der Waals surface area contributed by atoms with Crippen LogP contribution in [0.3, 0.4) is 0 Å². The first-order valence-corrected chi connectivity index (χ1v) is 11.6. The van der Waals surface area contributed by atoms with E-state index in [1.54, 1.807) is 0 Å². The summed E-state index contributed by atoms with van der Waals surface area (Å²) in [5.41, 5.74) is 6.01. The van der Waals surface area contributed by atoms with Crippen molar-refractivity contribution in [3.63, 3.8) is 0 Å². The molecule has 0 unspecified atom stereocenters. The molecule has 6 rings (SSSR count). The third-order valence-corrected chi connectivity index (χ3v) is 6.08. The molecule has 0 radical (unpaired) electrons. The van der Waals surface area contributed by atoms with E-state index in [-0.39, 0.29) is 0 Å². The summed E-state index contributed by atoms with van der Waals surface area (Å²) in [7, 11) is 0. The van der Waals surface area contributed by atoms with Gasteiger partial charge in [0.25, 0.3) is 0 Å². The van der Waals surface area contributed by atoms with Crippen LogP contribution >= 0.6 is 0 Å². The van der Waals surface area contributed by atoms with Gasteiger partial charge in [-0.05, 0) is 61.5 Å². The van der Waals surface area contributed by atoms with Gasteiger partial charge in [0.15, 0.2) is 0 Å². The van der Waals surface area contributed by atoms with Crippen molar-refractivity contribution in [2.45, 2.75) is 0 Å². The van der Waals surface area contributed by atoms with Crippen molar-refractivity contribution in [3.8, 4) is 11.1 Å². The highest BCUT2D eigenvalue weighted by Crippen LogP contribution is 2.31. The van der Waals surface area contributed by atoms with Crippen LogP contribution in [0.25, 0.3) is 38.2 Å². The number of rotatable bonds is 3. The Hall–Kier alpha value is -4.42. The average Bonchev–Trinajstić information content (AvgIpc) is 2.93. The maximum atomic E-state index is 4.10. The molecule has 0 heterocycles. The fourth-order valence-electron chi connectivity index (χ4n) is 4.28. The van der Waals surface area contributed by atoms with E-state index in [1.807, 2.05) is 36.4 Å². The molecule has 0 saturated carbocycles. The maximum absolute atomic E-state index is 4.10. The van der Waals surface area contributed by atoms with Gasteiger partial charge in [0, 0.05) is 0 Å². The normalized spacial score (nSPS) is 10.5. The van der Waals surface area contributed by atoms with Crippen molar-refractivity contribution in [2.24, 2.45) is 0 Å². The Morgan fingerprint density at radius 2 is 0.882 bits per heavy atom. The molecule has 0 heteroatoms. The van der Waals surface area contributed by atoms with E-state index < -0.39 is 0 Å². The van der Waals surface area contributed by atoms with E-state index in [1.165, 1.54) is 43.8 Å². The van der Waals surface area contributed by atoms with E-state index in [2.05, 4.69) is 116 Å². The van der Waals surface area contributed by atoms with Crippen molar-refractivity contribution in [3.05, 3.63) is 163 Å². The van der Waals surface area contributed by atoms with Gasteiger partial charge in [-0.3, -0.25) is 0 Å². The van der Waals surface area contributed by atoms with Gasteiger partial charge < -0.3 is 0 Å². The van der Waals surface area contributed by atoms with Crippen LogP contribution in [0.2, 0.25) is 0 Å². The average molecular weight is 435 g/mol. The molecule has 162 valence electrons. The van der Waals surface area contributed by atoms with Crippen molar-refractivity contribution in [1.82, 2.24) is 0 Å². The largest absolute Gasteiger partial charge is 0.0906 e. The minimum absolute atomic E-state index is 1.08. The molecule has 0 spiro atoms. The molecule has 0 nitrogen and oxygen atoms in total. The Morgan fingerprint density at radius 1 is 0.412 bits per heavy atom. The standard InChI is InChI=1S/C20H14.C14H12/c1-2-7-15(8-3-1)19-12-6-11-18-13-16-9-4-5-10-17(16)14-20(18)19;1-12(13-8-4-2-5-9-13)14-10-6-3-7-11-14/h1-14H;2-11H,1H2. The first-order valence-electron chi connectivity index (χ1n) is 11.6. The summed E-state index contributed by atoms with van der Waals surface area (Å²) in [6.45, 7) is 4.10. The van der Waals surface area contributed by atoms with Crippen LogP contribution in [0.4, 0.5) is 0 Å². The van der Waals surface area contributed by atoms with Crippen molar-refractivity contribution >= 4 is 27.1 Å². The topological polar surface area (TPSA) is 0 Å². The van der Waals surface area contributed by atoms with Gasteiger partial charge in [0.1, 0.15) is 0 Å². The van der Waals surface area contributed by atoms with Crippen LogP contribution in [0.5, 0.6) is 0 Å². The third kappa shape index (κ3) is 4.67. The van der Waals surface area contributed by atoms with Gasteiger partial charge in [-0.25, -0.2) is 0 Å². The zero-order valence-corrected chi connectivity index (χ0v) is 19.1. The smallest absolute Gasteiger partial charge is 0.00990 e. The lowest BCUT2D eigenvalue weighted by molar-refractivity contribution is 1.56. The van der Waals surface area contributed by atoms with E-state index in [0.29, 0.717) is 0 Å². The lowest BCUT2D eigenvalue weighted by Crippen LogP contribution is -1.84. The maximum Gasteiger partial charge on any atom is -0.00990 e.